The summed E-state index contributed by atoms with van der Waals surface area (Å²) in [7, 11) is 0. The summed E-state index contributed by atoms with van der Waals surface area (Å²) in [5, 5.41) is 7.05. The lowest BCUT2D eigenvalue weighted by Gasteiger charge is -2.16. The third-order valence-corrected chi connectivity index (χ3v) is 3.96. The highest BCUT2D eigenvalue weighted by atomic mass is 16.2. The number of nitrogens with one attached hydrogen (secondary N) is 1. The summed E-state index contributed by atoms with van der Waals surface area (Å²) in [5.41, 5.74) is 5.51. The molecular weight excluding hydrogens is 228 g/mol. The molecule has 5 nitrogen and oxygen atoms in total. The molecule has 1 aromatic heterocycles. The van der Waals surface area contributed by atoms with Gasteiger partial charge in [-0.15, -0.1) is 0 Å². The Labute approximate surface area is 107 Å². The minimum Gasteiger partial charge on any atom is -0.382 e. The van der Waals surface area contributed by atoms with Crippen LogP contribution in [0.2, 0.25) is 0 Å². The zero-order valence-electron chi connectivity index (χ0n) is 10.5. The molecule has 98 valence electrons. The third kappa shape index (κ3) is 2.83. The van der Waals surface area contributed by atoms with Crippen LogP contribution in [-0.4, -0.2) is 22.2 Å². The Bertz CT molecular complexity index is 422. The van der Waals surface area contributed by atoms with Gasteiger partial charge < -0.3 is 11.1 Å². The second-order valence-corrected chi connectivity index (χ2v) is 5.58. The fourth-order valence-corrected chi connectivity index (χ4v) is 2.67. The van der Waals surface area contributed by atoms with Crippen LogP contribution in [0.25, 0.3) is 0 Å². The van der Waals surface area contributed by atoms with Crippen molar-refractivity contribution in [1.82, 2.24) is 15.1 Å². The molecule has 0 radical (unpaired) electrons. The molecule has 5 heteroatoms. The Morgan fingerprint density at radius 2 is 2.11 bits per heavy atom. The van der Waals surface area contributed by atoms with Gasteiger partial charge in [0.25, 0.3) is 0 Å². The van der Waals surface area contributed by atoms with Crippen molar-refractivity contribution in [2.45, 2.75) is 32.2 Å². The monoisotopic (exact) mass is 248 g/mol. The molecular formula is C13H20N4O. The molecule has 1 aromatic rings. The molecule has 2 aliphatic carbocycles. The zero-order valence-corrected chi connectivity index (χ0v) is 10.5. The van der Waals surface area contributed by atoms with Crippen molar-refractivity contribution >= 4 is 11.7 Å². The lowest BCUT2D eigenvalue weighted by Crippen LogP contribution is -2.33. The highest BCUT2D eigenvalue weighted by molar-refractivity contribution is 5.75. The second-order valence-electron chi connectivity index (χ2n) is 5.58. The summed E-state index contributed by atoms with van der Waals surface area (Å²) in [6.45, 7) is 1.10. The minimum absolute atomic E-state index is 0.0319. The smallest absolute Gasteiger partial charge is 0.241 e. The van der Waals surface area contributed by atoms with Crippen molar-refractivity contribution in [3.05, 3.63) is 12.3 Å². The molecule has 2 saturated carbocycles. The predicted molar refractivity (Wildman–Crippen MR) is 68.6 cm³/mol. The van der Waals surface area contributed by atoms with Crippen LogP contribution in [0.5, 0.6) is 0 Å². The quantitative estimate of drug-likeness (QED) is 0.789. The predicted octanol–water partition coefficient (Wildman–Crippen LogP) is 1.02. The highest BCUT2D eigenvalue weighted by Crippen LogP contribution is 2.48. The van der Waals surface area contributed by atoms with Crippen LogP contribution >= 0.6 is 0 Å². The number of carbonyl (C=O) groups is 1. The summed E-state index contributed by atoms with van der Waals surface area (Å²) in [4.78, 5) is 11.8. The van der Waals surface area contributed by atoms with Gasteiger partial charge in [0.1, 0.15) is 12.4 Å². The SMILES string of the molecule is Nc1ccn(CC(=O)NCC(C2CC2)C2CC2)n1. The normalized spacial score (nSPS) is 19.2. The first-order valence-electron chi connectivity index (χ1n) is 6.78. The van der Waals surface area contributed by atoms with E-state index in [1.165, 1.54) is 25.7 Å². The van der Waals surface area contributed by atoms with E-state index in [0.29, 0.717) is 5.82 Å². The number of hydrogen-bond acceptors (Lipinski definition) is 3. The lowest BCUT2D eigenvalue weighted by atomic mass is 9.98. The van der Waals surface area contributed by atoms with Gasteiger partial charge in [-0.3, -0.25) is 9.48 Å². The van der Waals surface area contributed by atoms with Crippen LogP contribution in [0, 0.1) is 17.8 Å². The van der Waals surface area contributed by atoms with Gasteiger partial charge >= 0.3 is 0 Å². The van der Waals surface area contributed by atoms with Crippen molar-refractivity contribution in [2.75, 3.05) is 12.3 Å². The third-order valence-electron chi connectivity index (χ3n) is 3.96. The number of nitrogens with zero attached hydrogens (tertiary/aromatic N) is 2. The van der Waals surface area contributed by atoms with E-state index < -0.39 is 0 Å². The number of nitrogen functional groups attached to an aromatic ring is 1. The molecule has 0 aromatic carbocycles. The molecule has 0 saturated heterocycles. The van der Waals surface area contributed by atoms with E-state index in [1.54, 1.807) is 16.9 Å². The van der Waals surface area contributed by atoms with Crippen LogP contribution < -0.4 is 11.1 Å². The van der Waals surface area contributed by atoms with Gasteiger partial charge in [0.2, 0.25) is 5.91 Å². The number of aromatic nitrogens is 2. The van der Waals surface area contributed by atoms with Gasteiger partial charge in [-0.05, 0) is 49.5 Å². The van der Waals surface area contributed by atoms with Crippen LogP contribution in [-0.2, 0) is 11.3 Å². The summed E-state index contributed by atoms with van der Waals surface area (Å²) in [5.74, 6) is 2.95. The Hall–Kier alpha value is -1.52. The number of amides is 1. The van der Waals surface area contributed by atoms with Crippen LogP contribution in [0.3, 0.4) is 0 Å². The standard InChI is InChI=1S/C13H20N4O/c14-12-5-6-17(16-12)8-13(18)15-7-11(9-1-2-9)10-3-4-10/h5-6,9-11H,1-4,7-8H2,(H2,14,16)(H,15,18). The average Bonchev–Trinajstić information content (AvgIpc) is 3.21. The van der Waals surface area contributed by atoms with Crippen molar-refractivity contribution in [2.24, 2.45) is 17.8 Å². The summed E-state index contributed by atoms with van der Waals surface area (Å²) >= 11 is 0. The van der Waals surface area contributed by atoms with E-state index in [-0.39, 0.29) is 12.5 Å². The van der Waals surface area contributed by atoms with E-state index >= 15 is 0 Å². The van der Waals surface area contributed by atoms with E-state index in [9.17, 15) is 4.79 Å². The number of rotatable bonds is 6. The van der Waals surface area contributed by atoms with Crippen molar-refractivity contribution < 1.29 is 4.79 Å². The maximum Gasteiger partial charge on any atom is 0.241 e. The number of anilines is 1. The molecule has 0 bridgehead atoms. The molecule has 2 fully saturated rings. The molecule has 0 unspecified atom stereocenters. The van der Waals surface area contributed by atoms with Crippen LogP contribution in [0.4, 0.5) is 5.82 Å². The topological polar surface area (TPSA) is 72.9 Å². The Morgan fingerprint density at radius 3 is 2.61 bits per heavy atom. The van der Waals surface area contributed by atoms with Gasteiger partial charge in [-0.1, -0.05) is 0 Å². The number of carbonyl (C=O) groups excluding carboxylic acids is 1. The lowest BCUT2D eigenvalue weighted by molar-refractivity contribution is -0.122. The summed E-state index contributed by atoms with van der Waals surface area (Å²) in [6, 6.07) is 1.70. The maximum absolute atomic E-state index is 11.8. The molecule has 1 heterocycles. The Morgan fingerprint density at radius 1 is 1.44 bits per heavy atom. The minimum atomic E-state index is 0.0319. The largest absolute Gasteiger partial charge is 0.382 e. The van der Waals surface area contributed by atoms with Crippen molar-refractivity contribution in [3.8, 4) is 0 Å². The van der Waals surface area contributed by atoms with E-state index in [2.05, 4.69) is 10.4 Å². The molecule has 0 atom stereocenters. The molecule has 2 aliphatic rings. The molecule has 1 amide bonds. The summed E-state index contributed by atoms with van der Waals surface area (Å²) in [6.07, 6.45) is 7.15. The van der Waals surface area contributed by atoms with Gasteiger partial charge in [-0.25, -0.2) is 0 Å². The van der Waals surface area contributed by atoms with E-state index in [0.717, 1.165) is 24.3 Å². The number of nitrogens with two attached hydrogens (primary N) is 1. The Kier molecular flexibility index (Phi) is 2.97. The second kappa shape index (κ2) is 4.63. The summed E-state index contributed by atoms with van der Waals surface area (Å²) < 4.78 is 1.58. The zero-order chi connectivity index (χ0) is 12.5. The van der Waals surface area contributed by atoms with Gasteiger partial charge in [0.15, 0.2) is 0 Å². The first-order valence-corrected chi connectivity index (χ1v) is 6.78. The first kappa shape index (κ1) is 11.6. The molecule has 0 spiro atoms. The first-order chi connectivity index (χ1) is 8.72. The van der Waals surface area contributed by atoms with E-state index in [4.69, 9.17) is 5.73 Å². The Balaban J connectivity index is 1.45. The molecule has 18 heavy (non-hydrogen) atoms. The molecule has 3 rings (SSSR count). The average molecular weight is 248 g/mol. The molecule has 0 aliphatic heterocycles. The van der Waals surface area contributed by atoms with Crippen molar-refractivity contribution in [1.29, 1.82) is 0 Å². The van der Waals surface area contributed by atoms with Gasteiger partial charge in [-0.2, -0.15) is 5.10 Å². The fraction of sp³-hybridized carbons (Fsp3) is 0.692. The van der Waals surface area contributed by atoms with Crippen molar-refractivity contribution in [3.63, 3.8) is 0 Å². The number of hydrogen-bond donors (Lipinski definition) is 2. The fourth-order valence-electron chi connectivity index (χ4n) is 2.67. The van der Waals surface area contributed by atoms with Crippen LogP contribution in [0.1, 0.15) is 25.7 Å². The van der Waals surface area contributed by atoms with Gasteiger partial charge in [0, 0.05) is 12.7 Å². The highest BCUT2D eigenvalue weighted by Gasteiger charge is 2.41. The molecule has 3 N–H and O–H groups in total. The van der Waals surface area contributed by atoms with E-state index in [1.807, 2.05) is 0 Å². The van der Waals surface area contributed by atoms with Crippen LogP contribution in [0.15, 0.2) is 12.3 Å². The van der Waals surface area contributed by atoms with Gasteiger partial charge in [0.05, 0.1) is 0 Å². The maximum atomic E-state index is 11.8.